The van der Waals surface area contributed by atoms with Gasteiger partial charge in [-0.05, 0) is 60.2 Å². The highest BCUT2D eigenvalue weighted by Crippen LogP contribution is 2.38. The first-order chi connectivity index (χ1) is 19.2. The van der Waals surface area contributed by atoms with Crippen LogP contribution in [0.5, 0.6) is 5.75 Å². The van der Waals surface area contributed by atoms with Gasteiger partial charge in [-0.1, -0.05) is 37.3 Å². The Balaban J connectivity index is 1.50. The highest BCUT2D eigenvalue weighted by atomic mass is 16.5. The zero-order valence-electron chi connectivity index (χ0n) is 22.1. The summed E-state index contributed by atoms with van der Waals surface area (Å²) in [6.07, 6.45) is 3.72. The number of pyridine rings is 1. The molecule has 5 rings (SSSR count). The van der Waals surface area contributed by atoms with Gasteiger partial charge in [0.05, 0.1) is 16.8 Å². The summed E-state index contributed by atoms with van der Waals surface area (Å²) in [6.45, 7) is 1.35. The Labute approximate surface area is 229 Å². The molecule has 0 amide bonds. The highest BCUT2D eigenvalue weighted by molar-refractivity contribution is 6.08. The Morgan fingerprint density at radius 2 is 1.80 bits per heavy atom. The summed E-state index contributed by atoms with van der Waals surface area (Å²) in [5.41, 5.74) is 8.35. The third-order valence-corrected chi connectivity index (χ3v) is 7.02. The molecule has 4 aromatic rings. The number of ketones is 1. The Morgan fingerprint density at radius 3 is 2.52 bits per heavy atom. The molecule has 0 radical (unpaired) electrons. The second-order valence-corrected chi connectivity index (χ2v) is 9.65. The number of nitrogens with zero attached hydrogens (tertiary/aromatic N) is 3. The van der Waals surface area contributed by atoms with Crippen LogP contribution >= 0.6 is 0 Å². The molecule has 10 nitrogen and oxygen atoms in total. The van der Waals surface area contributed by atoms with Crippen LogP contribution in [0.25, 0.3) is 22.6 Å². The minimum atomic E-state index is -0.838. The normalized spacial score (nSPS) is 13.5. The van der Waals surface area contributed by atoms with Crippen molar-refractivity contribution in [3.05, 3.63) is 97.3 Å². The van der Waals surface area contributed by atoms with E-state index in [1.54, 1.807) is 42.5 Å². The van der Waals surface area contributed by atoms with Crippen molar-refractivity contribution < 1.29 is 19.4 Å². The van der Waals surface area contributed by atoms with Crippen molar-refractivity contribution in [2.75, 3.05) is 12.3 Å². The number of phenols is 1. The molecule has 2 aromatic heterocycles. The molecule has 0 unspecified atom stereocenters. The number of carbonyl (C=O) groups is 2. The molecule has 0 spiro atoms. The first-order valence-electron chi connectivity index (χ1n) is 12.9. The van der Waals surface area contributed by atoms with Gasteiger partial charge in [0.1, 0.15) is 17.1 Å². The Kier molecular flexibility index (Phi) is 7.08. The van der Waals surface area contributed by atoms with E-state index in [-0.39, 0.29) is 23.7 Å². The van der Waals surface area contributed by atoms with E-state index >= 15 is 0 Å². The lowest BCUT2D eigenvalue weighted by Gasteiger charge is -2.15. The van der Waals surface area contributed by atoms with Gasteiger partial charge in [0.25, 0.3) is 5.56 Å². The number of aromatic hydroxyl groups is 1. The van der Waals surface area contributed by atoms with Crippen LogP contribution in [0.3, 0.4) is 0 Å². The van der Waals surface area contributed by atoms with Gasteiger partial charge in [-0.15, -0.1) is 0 Å². The van der Waals surface area contributed by atoms with Crippen molar-refractivity contribution in [1.29, 1.82) is 0 Å². The molecule has 3 N–H and O–H groups in total. The molecule has 10 heteroatoms. The number of nitrogen functional groups attached to an aromatic ring is 1. The van der Waals surface area contributed by atoms with Crippen molar-refractivity contribution in [3.63, 3.8) is 0 Å². The van der Waals surface area contributed by atoms with Crippen molar-refractivity contribution in [2.45, 2.75) is 32.7 Å². The van der Waals surface area contributed by atoms with Crippen LogP contribution < -0.4 is 17.0 Å². The fourth-order valence-corrected chi connectivity index (χ4v) is 5.04. The van der Waals surface area contributed by atoms with Crippen molar-refractivity contribution in [2.24, 2.45) is 7.05 Å². The largest absolute Gasteiger partial charge is 0.508 e. The molecule has 2 heterocycles. The van der Waals surface area contributed by atoms with Gasteiger partial charge in [-0.25, -0.2) is 14.6 Å². The zero-order valence-corrected chi connectivity index (χ0v) is 22.1. The van der Waals surface area contributed by atoms with Crippen LogP contribution in [-0.2, 0) is 24.8 Å². The molecule has 1 aliphatic rings. The molecule has 2 aromatic carbocycles. The lowest BCUT2D eigenvalue weighted by molar-refractivity contribution is 0.0475. The first-order valence-corrected chi connectivity index (χ1v) is 12.9. The molecular weight excluding hydrogens is 512 g/mol. The van der Waals surface area contributed by atoms with Crippen LogP contribution in [0.15, 0.2) is 58.1 Å². The van der Waals surface area contributed by atoms with Gasteiger partial charge in [0, 0.05) is 19.0 Å². The van der Waals surface area contributed by atoms with E-state index in [4.69, 9.17) is 15.5 Å². The van der Waals surface area contributed by atoms with Crippen LogP contribution in [0.2, 0.25) is 0 Å². The van der Waals surface area contributed by atoms with Crippen LogP contribution in [0, 0.1) is 0 Å². The molecule has 1 aliphatic carbocycles. The first kappa shape index (κ1) is 26.6. The number of hydrogen-bond donors (Lipinski definition) is 2. The molecule has 40 heavy (non-hydrogen) atoms. The number of esters is 1. The minimum absolute atomic E-state index is 0.168. The fraction of sp³-hybridized carbons (Fsp3) is 0.233. The molecule has 0 aliphatic heterocycles. The number of benzene rings is 2. The van der Waals surface area contributed by atoms with Crippen molar-refractivity contribution in [3.8, 4) is 5.75 Å². The lowest BCUT2D eigenvalue weighted by Crippen LogP contribution is -2.43. The Morgan fingerprint density at radius 1 is 1.07 bits per heavy atom. The SMILES string of the molecule is CCCn1c(N)c(C(=O)COC(=O)c2c3c(nc4ccccc24)/C(=C/c2ccc(O)cc2)CC3)c(=O)n(C)c1=O. The third kappa shape index (κ3) is 4.68. The van der Waals surface area contributed by atoms with Gasteiger partial charge in [-0.2, -0.15) is 0 Å². The maximum absolute atomic E-state index is 13.5. The van der Waals surface area contributed by atoms with E-state index in [2.05, 4.69) is 0 Å². The number of allylic oxidation sites excluding steroid dienone is 1. The summed E-state index contributed by atoms with van der Waals surface area (Å²) in [6, 6.07) is 14.0. The molecule has 0 atom stereocenters. The van der Waals surface area contributed by atoms with E-state index in [0.717, 1.165) is 15.7 Å². The van der Waals surface area contributed by atoms with Crippen LogP contribution in [0.1, 0.15) is 57.3 Å². The average molecular weight is 541 g/mol. The summed E-state index contributed by atoms with van der Waals surface area (Å²) >= 11 is 0. The van der Waals surface area contributed by atoms with Gasteiger partial charge in [0.15, 0.2) is 6.61 Å². The van der Waals surface area contributed by atoms with Gasteiger partial charge in [0.2, 0.25) is 5.78 Å². The topological polar surface area (TPSA) is 147 Å². The number of anilines is 1. The monoisotopic (exact) mass is 540 g/mol. The lowest BCUT2D eigenvalue weighted by atomic mass is 10.0. The second kappa shape index (κ2) is 10.6. The Bertz CT molecular complexity index is 1820. The van der Waals surface area contributed by atoms with E-state index in [9.17, 15) is 24.3 Å². The number of para-hydroxylation sites is 1. The number of carbonyl (C=O) groups excluding carboxylic acids is 2. The summed E-state index contributed by atoms with van der Waals surface area (Å²) in [7, 11) is 1.27. The number of ether oxygens (including phenoxy) is 1. The number of aromatic nitrogens is 3. The van der Waals surface area contributed by atoms with Gasteiger partial charge < -0.3 is 15.6 Å². The number of rotatable bonds is 7. The van der Waals surface area contributed by atoms with Crippen LogP contribution in [0.4, 0.5) is 5.82 Å². The zero-order chi connectivity index (χ0) is 28.6. The molecule has 204 valence electrons. The predicted octanol–water partition coefficient (Wildman–Crippen LogP) is 3.32. The number of Topliss-reactive ketones (excluding diaryl/α,β-unsaturated/α-hetero) is 1. The van der Waals surface area contributed by atoms with Gasteiger partial charge >= 0.3 is 11.7 Å². The fourth-order valence-electron chi connectivity index (χ4n) is 5.04. The maximum atomic E-state index is 13.5. The number of phenolic OH excluding ortho intramolecular Hbond substituents is 1. The van der Waals surface area contributed by atoms with Crippen molar-refractivity contribution in [1.82, 2.24) is 14.1 Å². The number of hydrogen-bond acceptors (Lipinski definition) is 8. The van der Waals surface area contributed by atoms with E-state index in [0.29, 0.717) is 47.0 Å². The van der Waals surface area contributed by atoms with Crippen LogP contribution in [-0.4, -0.2) is 37.6 Å². The third-order valence-electron chi connectivity index (χ3n) is 7.02. The van der Waals surface area contributed by atoms with E-state index in [1.807, 2.05) is 19.1 Å². The standard InChI is InChI=1S/C30H28N4O6/c1-3-14-34-27(31)25(28(37)33(2)30(34)39)23(36)16-40-29(38)24-20-6-4-5-7-22(20)32-26-18(10-13-21(24)26)15-17-8-11-19(35)12-9-17/h4-9,11-12,15,35H,3,10,13-14,16,31H2,1-2H3/b18-15+. The summed E-state index contributed by atoms with van der Waals surface area (Å²) < 4.78 is 7.46. The molecule has 0 bridgehead atoms. The minimum Gasteiger partial charge on any atom is -0.508 e. The molecular formula is C30H28N4O6. The number of fused-ring (bicyclic) bond motifs is 2. The molecule has 0 saturated heterocycles. The summed E-state index contributed by atoms with van der Waals surface area (Å²) in [5.74, 6) is -1.58. The predicted molar refractivity (Wildman–Crippen MR) is 151 cm³/mol. The van der Waals surface area contributed by atoms with Crippen molar-refractivity contribution >= 4 is 40.1 Å². The molecule has 0 saturated carbocycles. The number of nitrogens with two attached hydrogens (primary N) is 1. The van der Waals surface area contributed by atoms with Gasteiger partial charge in [-0.3, -0.25) is 18.7 Å². The highest BCUT2D eigenvalue weighted by Gasteiger charge is 2.29. The summed E-state index contributed by atoms with van der Waals surface area (Å²) in [5, 5.41) is 10.2. The van der Waals surface area contributed by atoms with E-state index < -0.39 is 29.6 Å². The smallest absolute Gasteiger partial charge is 0.339 e. The molecule has 0 fully saturated rings. The quantitative estimate of drug-likeness (QED) is 0.268. The Hall–Kier alpha value is -4.99. The average Bonchev–Trinajstić information content (AvgIpc) is 3.34. The van der Waals surface area contributed by atoms with E-state index in [1.165, 1.54) is 11.6 Å². The second-order valence-electron chi connectivity index (χ2n) is 9.65. The summed E-state index contributed by atoms with van der Waals surface area (Å²) in [4.78, 5) is 56.6. The maximum Gasteiger partial charge on any atom is 0.339 e.